The summed E-state index contributed by atoms with van der Waals surface area (Å²) in [4.78, 5) is 10.8. The van der Waals surface area contributed by atoms with Crippen LogP contribution in [-0.4, -0.2) is 14.3 Å². The van der Waals surface area contributed by atoms with Crippen LogP contribution in [0.3, 0.4) is 0 Å². The molecule has 6 heteroatoms. The molecule has 0 radical (unpaired) electrons. The lowest BCUT2D eigenvalue weighted by Gasteiger charge is -2.07. The Bertz CT molecular complexity index is 494. The first-order chi connectivity index (χ1) is 6.80. The summed E-state index contributed by atoms with van der Waals surface area (Å²) in [5.74, 6) is -0.260. The van der Waals surface area contributed by atoms with Crippen molar-refractivity contribution in [2.75, 3.05) is 5.32 Å². The van der Waals surface area contributed by atoms with Crippen LogP contribution in [0.1, 0.15) is 12.5 Å². The van der Waals surface area contributed by atoms with Crippen LogP contribution in [0.4, 0.5) is 5.69 Å². The van der Waals surface area contributed by atoms with E-state index < -0.39 is 10.0 Å². The fraction of sp³-hybridized carbons (Fsp3) is 0.222. The fourth-order valence-corrected chi connectivity index (χ4v) is 1.64. The molecule has 0 aliphatic carbocycles. The van der Waals surface area contributed by atoms with Crippen LogP contribution in [0.25, 0.3) is 0 Å². The molecule has 0 spiro atoms. The molecule has 0 saturated heterocycles. The summed E-state index contributed by atoms with van der Waals surface area (Å²) in [5.41, 5.74) is 1.23. The second kappa shape index (κ2) is 4.00. The van der Waals surface area contributed by atoms with Crippen LogP contribution in [0.2, 0.25) is 0 Å². The van der Waals surface area contributed by atoms with E-state index in [1.807, 2.05) is 0 Å². The van der Waals surface area contributed by atoms with Gasteiger partial charge in [0.2, 0.25) is 15.9 Å². The van der Waals surface area contributed by atoms with E-state index in [9.17, 15) is 13.2 Å². The van der Waals surface area contributed by atoms with Gasteiger partial charge in [0.1, 0.15) is 0 Å². The Hall–Kier alpha value is -1.40. The monoisotopic (exact) mass is 228 g/mol. The number of carbonyl (C=O) groups excluding carboxylic acids is 1. The Labute approximate surface area is 88.3 Å². The van der Waals surface area contributed by atoms with Crippen molar-refractivity contribution < 1.29 is 13.2 Å². The number of amides is 1. The minimum atomic E-state index is -3.73. The van der Waals surface area contributed by atoms with Crippen molar-refractivity contribution in [2.24, 2.45) is 5.14 Å². The van der Waals surface area contributed by atoms with E-state index in [4.69, 9.17) is 5.14 Å². The number of nitrogens with one attached hydrogen (secondary N) is 1. The summed E-state index contributed by atoms with van der Waals surface area (Å²) in [5, 5.41) is 7.49. The Morgan fingerprint density at radius 3 is 2.47 bits per heavy atom. The summed E-state index contributed by atoms with van der Waals surface area (Å²) >= 11 is 0. The highest BCUT2D eigenvalue weighted by Crippen LogP contribution is 2.19. The van der Waals surface area contributed by atoms with Gasteiger partial charge in [-0.2, -0.15) is 0 Å². The van der Waals surface area contributed by atoms with Gasteiger partial charge < -0.3 is 5.32 Å². The van der Waals surface area contributed by atoms with Crippen molar-refractivity contribution in [3.05, 3.63) is 23.8 Å². The largest absolute Gasteiger partial charge is 0.326 e. The van der Waals surface area contributed by atoms with Crippen molar-refractivity contribution in [3.8, 4) is 0 Å². The highest BCUT2D eigenvalue weighted by atomic mass is 32.2. The molecule has 82 valence electrons. The summed E-state index contributed by atoms with van der Waals surface area (Å²) in [6.45, 7) is 3.11. The first kappa shape index (κ1) is 11.7. The fourth-order valence-electron chi connectivity index (χ4n) is 1.10. The maximum Gasteiger partial charge on any atom is 0.238 e. The number of nitrogens with two attached hydrogens (primary N) is 1. The van der Waals surface area contributed by atoms with E-state index in [0.717, 1.165) is 5.56 Å². The Kier molecular flexibility index (Phi) is 3.11. The molecular weight excluding hydrogens is 216 g/mol. The van der Waals surface area contributed by atoms with Crippen molar-refractivity contribution in [3.63, 3.8) is 0 Å². The predicted octanol–water partition coefficient (Wildman–Crippen LogP) is 0.601. The number of carbonyl (C=O) groups is 1. The second-order valence-electron chi connectivity index (χ2n) is 3.20. The average Bonchev–Trinajstić information content (AvgIpc) is 2.06. The van der Waals surface area contributed by atoms with E-state index in [2.05, 4.69) is 5.32 Å². The molecule has 0 aromatic heterocycles. The van der Waals surface area contributed by atoms with Gasteiger partial charge in [0.05, 0.1) is 4.90 Å². The van der Waals surface area contributed by atoms with E-state index in [-0.39, 0.29) is 10.8 Å². The van der Waals surface area contributed by atoms with Crippen molar-refractivity contribution in [1.29, 1.82) is 0 Å². The van der Waals surface area contributed by atoms with Gasteiger partial charge >= 0.3 is 0 Å². The molecule has 0 aliphatic rings. The normalized spacial score (nSPS) is 11.1. The van der Waals surface area contributed by atoms with Crippen LogP contribution in [0.5, 0.6) is 0 Å². The molecule has 3 N–H and O–H groups in total. The maximum atomic E-state index is 11.0. The zero-order valence-corrected chi connectivity index (χ0v) is 9.26. The van der Waals surface area contributed by atoms with Gasteiger partial charge in [-0.15, -0.1) is 0 Å². The topological polar surface area (TPSA) is 89.3 Å². The zero-order chi connectivity index (χ0) is 11.6. The third kappa shape index (κ3) is 3.03. The third-order valence-corrected chi connectivity index (χ3v) is 2.76. The quantitative estimate of drug-likeness (QED) is 0.776. The molecule has 1 aromatic rings. The van der Waals surface area contributed by atoms with E-state index in [1.165, 1.54) is 19.1 Å². The lowest BCUT2D eigenvalue weighted by Crippen LogP contribution is -2.14. The molecule has 15 heavy (non-hydrogen) atoms. The smallest absolute Gasteiger partial charge is 0.238 e. The first-order valence-electron chi connectivity index (χ1n) is 4.22. The number of benzene rings is 1. The van der Waals surface area contributed by atoms with Crippen LogP contribution in [0.15, 0.2) is 23.1 Å². The summed E-state index contributed by atoms with van der Waals surface area (Å²) in [7, 11) is -3.73. The van der Waals surface area contributed by atoms with Crippen LogP contribution in [-0.2, 0) is 14.8 Å². The standard InChI is InChI=1S/C9H12N2O3S/c1-6-3-4-8(15(10,13)14)5-9(6)11-7(2)12/h3-5H,1-2H3,(H,11,12)(H2,10,13,14). The number of rotatable bonds is 2. The molecule has 0 atom stereocenters. The minimum Gasteiger partial charge on any atom is -0.326 e. The Morgan fingerprint density at radius 1 is 1.40 bits per heavy atom. The van der Waals surface area contributed by atoms with Crippen LogP contribution < -0.4 is 10.5 Å². The Balaban J connectivity index is 3.23. The SMILES string of the molecule is CC(=O)Nc1cc(S(N)(=O)=O)ccc1C. The van der Waals surface area contributed by atoms with E-state index >= 15 is 0 Å². The van der Waals surface area contributed by atoms with Crippen LogP contribution in [0, 0.1) is 6.92 Å². The second-order valence-corrected chi connectivity index (χ2v) is 4.76. The molecule has 1 rings (SSSR count). The van der Waals surface area contributed by atoms with Crippen molar-refractivity contribution in [1.82, 2.24) is 0 Å². The van der Waals surface area contributed by atoms with Gasteiger partial charge in [0, 0.05) is 12.6 Å². The highest BCUT2D eigenvalue weighted by molar-refractivity contribution is 7.89. The number of hydrogen-bond acceptors (Lipinski definition) is 3. The van der Waals surface area contributed by atoms with Gasteiger partial charge in [0.15, 0.2) is 0 Å². The molecule has 0 bridgehead atoms. The third-order valence-electron chi connectivity index (χ3n) is 1.85. The molecule has 1 aromatic carbocycles. The lowest BCUT2D eigenvalue weighted by molar-refractivity contribution is -0.114. The minimum absolute atomic E-state index is 0.0168. The average molecular weight is 228 g/mol. The number of aryl methyl sites for hydroxylation is 1. The maximum absolute atomic E-state index is 11.0. The zero-order valence-electron chi connectivity index (χ0n) is 8.44. The molecular formula is C9H12N2O3S. The van der Waals surface area contributed by atoms with Gasteiger partial charge in [-0.05, 0) is 24.6 Å². The number of anilines is 1. The highest BCUT2D eigenvalue weighted by Gasteiger charge is 2.10. The molecule has 0 heterocycles. The van der Waals surface area contributed by atoms with E-state index in [0.29, 0.717) is 5.69 Å². The number of primary sulfonamides is 1. The summed E-state index contributed by atoms with van der Waals surface area (Å²) in [6.07, 6.45) is 0. The van der Waals surface area contributed by atoms with Gasteiger partial charge in [-0.25, -0.2) is 13.6 Å². The molecule has 0 unspecified atom stereocenters. The predicted molar refractivity (Wildman–Crippen MR) is 56.9 cm³/mol. The van der Waals surface area contributed by atoms with E-state index in [1.54, 1.807) is 13.0 Å². The number of hydrogen-bond donors (Lipinski definition) is 2. The molecule has 5 nitrogen and oxygen atoms in total. The number of sulfonamides is 1. The van der Waals surface area contributed by atoms with Crippen molar-refractivity contribution in [2.45, 2.75) is 18.7 Å². The first-order valence-corrected chi connectivity index (χ1v) is 5.76. The van der Waals surface area contributed by atoms with Gasteiger partial charge in [-0.3, -0.25) is 4.79 Å². The molecule has 1 amide bonds. The molecule has 0 fully saturated rings. The van der Waals surface area contributed by atoms with Crippen LogP contribution >= 0.6 is 0 Å². The van der Waals surface area contributed by atoms with Gasteiger partial charge in [-0.1, -0.05) is 6.07 Å². The lowest BCUT2D eigenvalue weighted by atomic mass is 10.2. The molecule has 0 aliphatic heterocycles. The Morgan fingerprint density at radius 2 is 2.00 bits per heavy atom. The van der Waals surface area contributed by atoms with Gasteiger partial charge in [0.25, 0.3) is 0 Å². The molecule has 0 saturated carbocycles. The summed E-state index contributed by atoms with van der Waals surface area (Å²) < 4.78 is 22.1. The van der Waals surface area contributed by atoms with Crippen molar-refractivity contribution >= 4 is 21.6 Å². The summed E-state index contributed by atoms with van der Waals surface area (Å²) in [6, 6.07) is 4.33.